The third-order valence-electron chi connectivity index (χ3n) is 14.3. The van der Waals surface area contributed by atoms with E-state index >= 15 is 0 Å². The van der Waals surface area contributed by atoms with Crippen molar-refractivity contribution in [2.45, 2.75) is 110 Å². The molecule has 0 aliphatic heterocycles. The Morgan fingerprint density at radius 1 is 0.932 bits per heavy atom. The van der Waals surface area contributed by atoms with Crippen LogP contribution in [0.1, 0.15) is 109 Å². The molecule has 4 fully saturated rings. The van der Waals surface area contributed by atoms with Crippen molar-refractivity contribution in [2.24, 2.45) is 79.3 Å². The zero-order chi connectivity index (χ0) is 43.6. The first-order chi connectivity index (χ1) is 27.6. The molecule has 11 atom stereocenters. The average molecular weight is 816 g/mol. The zero-order valence-electron chi connectivity index (χ0n) is 34.7. The van der Waals surface area contributed by atoms with Crippen LogP contribution in [0.15, 0.2) is 39.3 Å². The molecule has 15 nitrogen and oxygen atoms in total. The molecular formula is C44H61N7O8. The summed E-state index contributed by atoms with van der Waals surface area (Å²) < 4.78 is 0. The van der Waals surface area contributed by atoms with Crippen LogP contribution in [0.4, 0.5) is 0 Å². The number of carboxylic acids is 1. The molecule has 59 heavy (non-hydrogen) atoms. The van der Waals surface area contributed by atoms with Gasteiger partial charge in [0.15, 0.2) is 11.9 Å². The van der Waals surface area contributed by atoms with Crippen LogP contribution < -0.4 is 28.3 Å². The highest BCUT2D eigenvalue weighted by molar-refractivity contribution is 6.05. The number of rotatable bonds is 10. The van der Waals surface area contributed by atoms with Gasteiger partial charge < -0.3 is 48.7 Å². The molecule has 15 heteroatoms. The maximum Gasteiger partial charge on any atom is 0.322 e. The van der Waals surface area contributed by atoms with Gasteiger partial charge in [0.2, 0.25) is 5.91 Å². The standard InChI is InChI=1S/C44H61N7O8/c1-23(6-11-35(54)49-22-36(55)56)30-9-10-31-37-32(20-34(53)43(30,31)5)42(4)14-15-44(59,21-29(42)19-33(37)52)13-12-26-7-8-27(16-24(2)38(57)50-40(45)46)28(18-26)17-25(3)39(58)51-41(47)48/h7-8,16-18,23,29-34,37,52-53,59H,6,9-11,14-15,19-22H2,1-5H3,(H,49,54)(H,55,56)(H4,45,46,50,57)(H4,47,48,51,58)/t23-,29-,30-,31+,32+,33-,34+,37+,42+,43-,44-/m1/s1. The van der Waals surface area contributed by atoms with Crippen LogP contribution in [0.25, 0.3) is 12.2 Å². The monoisotopic (exact) mass is 815 g/mol. The number of hydrogen-bond donors (Lipinski definition) is 9. The Labute approximate surface area is 345 Å². The molecule has 1 aromatic rings. The van der Waals surface area contributed by atoms with Gasteiger partial charge in [0.05, 0.1) is 12.2 Å². The summed E-state index contributed by atoms with van der Waals surface area (Å²) in [5, 5.41) is 47.3. The number of nitrogens with zero attached hydrogens (tertiary/aromatic N) is 2. The number of benzene rings is 1. The summed E-state index contributed by atoms with van der Waals surface area (Å²) in [6, 6.07) is 5.21. The van der Waals surface area contributed by atoms with E-state index in [0.717, 1.165) is 12.8 Å². The van der Waals surface area contributed by atoms with E-state index in [0.29, 0.717) is 55.2 Å². The maximum absolute atomic E-state index is 12.6. The highest BCUT2D eigenvalue weighted by Gasteiger charge is 2.66. The topological polar surface area (TPSA) is 290 Å². The SMILES string of the molecule is CC(=Cc1ccc(C#C[C@@]2(O)CC[C@@]3(C)[C@H](C[C@@H](O)[C@@H]4[C@@H]3C[C@H](O)[C@]3(C)[C@@H]([C@H](C)CCC(=O)NCC(=O)O)CC[C@@H]43)C2)cc1C=C(C)C(=O)N=C(N)N)C(=O)N=C(N)N. The summed E-state index contributed by atoms with van der Waals surface area (Å²) in [6.07, 6.45) is 7.04. The van der Waals surface area contributed by atoms with Crippen molar-refractivity contribution >= 4 is 47.8 Å². The molecule has 5 rings (SSSR count). The molecule has 13 N–H and O–H groups in total. The van der Waals surface area contributed by atoms with Crippen LogP contribution in [0.5, 0.6) is 0 Å². The summed E-state index contributed by atoms with van der Waals surface area (Å²) in [6.45, 7) is 9.23. The lowest BCUT2D eigenvalue weighted by molar-refractivity contribution is -0.211. The van der Waals surface area contributed by atoms with Crippen LogP contribution in [0.2, 0.25) is 0 Å². The number of aliphatic hydroxyl groups excluding tert-OH is 2. The zero-order valence-corrected chi connectivity index (χ0v) is 34.7. The Morgan fingerprint density at radius 3 is 2.17 bits per heavy atom. The van der Waals surface area contributed by atoms with E-state index in [9.17, 15) is 34.5 Å². The van der Waals surface area contributed by atoms with Crippen molar-refractivity contribution < 1.29 is 39.6 Å². The first kappa shape index (κ1) is 45.1. The first-order valence-corrected chi connectivity index (χ1v) is 20.5. The maximum atomic E-state index is 12.6. The molecule has 4 aliphatic rings. The summed E-state index contributed by atoms with van der Waals surface area (Å²) in [5.41, 5.74) is 21.7. The highest BCUT2D eigenvalue weighted by atomic mass is 16.4. The minimum atomic E-state index is -1.33. The number of aliphatic imine (C=N–C) groups is 2. The normalized spacial score (nSPS) is 33.1. The van der Waals surface area contributed by atoms with Crippen LogP contribution in [0, 0.1) is 58.2 Å². The molecule has 0 aromatic heterocycles. The van der Waals surface area contributed by atoms with E-state index in [1.165, 1.54) is 0 Å². The summed E-state index contributed by atoms with van der Waals surface area (Å²) >= 11 is 0. The lowest BCUT2D eigenvalue weighted by atomic mass is 9.42. The lowest BCUT2D eigenvalue weighted by Gasteiger charge is -2.64. The van der Waals surface area contributed by atoms with Crippen molar-refractivity contribution in [3.63, 3.8) is 0 Å². The number of aliphatic carboxylic acids is 1. The number of guanidine groups is 2. The summed E-state index contributed by atoms with van der Waals surface area (Å²) in [4.78, 5) is 55.5. The van der Waals surface area contributed by atoms with E-state index < -0.39 is 47.6 Å². The van der Waals surface area contributed by atoms with Gasteiger partial charge >= 0.3 is 5.97 Å². The molecule has 320 valence electrons. The Morgan fingerprint density at radius 2 is 1.56 bits per heavy atom. The van der Waals surface area contributed by atoms with E-state index in [1.807, 2.05) is 0 Å². The smallest absolute Gasteiger partial charge is 0.322 e. The number of fused-ring (bicyclic) bond motifs is 5. The molecule has 0 bridgehead atoms. The molecule has 3 amide bonds. The Balaban J connectivity index is 1.35. The predicted molar refractivity (Wildman–Crippen MR) is 224 cm³/mol. The second-order valence-corrected chi connectivity index (χ2v) is 18.0. The molecule has 4 aliphatic carbocycles. The Hall–Kier alpha value is -5.04. The van der Waals surface area contributed by atoms with Gasteiger partial charge in [-0.2, -0.15) is 9.98 Å². The quantitative estimate of drug-likeness (QED) is 0.0712. The second kappa shape index (κ2) is 17.7. The number of hydrogen-bond acceptors (Lipinski definition) is 7. The van der Waals surface area contributed by atoms with E-state index in [2.05, 4.69) is 47.9 Å². The third-order valence-corrected chi connectivity index (χ3v) is 14.3. The molecule has 1 aromatic carbocycles. The van der Waals surface area contributed by atoms with Crippen LogP contribution in [-0.4, -0.2) is 80.4 Å². The number of aliphatic hydroxyl groups is 3. The molecule has 0 unspecified atom stereocenters. The van der Waals surface area contributed by atoms with Crippen molar-refractivity contribution in [1.29, 1.82) is 0 Å². The number of amides is 3. The molecule has 0 radical (unpaired) electrons. The fourth-order valence-electron chi connectivity index (χ4n) is 11.2. The van der Waals surface area contributed by atoms with Crippen LogP contribution in [0.3, 0.4) is 0 Å². The number of nitrogens with two attached hydrogens (primary N) is 4. The number of carbonyl (C=O) groups excluding carboxylic acids is 3. The van der Waals surface area contributed by atoms with Gasteiger partial charge in [-0.05, 0) is 147 Å². The molecule has 4 saturated carbocycles. The fraction of sp³-hybridized carbons (Fsp3) is 0.591. The Bertz CT molecular complexity index is 2030. The average Bonchev–Trinajstić information content (AvgIpc) is 3.51. The molecular weight excluding hydrogens is 755 g/mol. The number of carboxylic acid groups (broad SMARTS) is 1. The van der Waals surface area contributed by atoms with Crippen molar-refractivity contribution in [3.05, 3.63) is 46.0 Å². The van der Waals surface area contributed by atoms with E-state index in [4.69, 9.17) is 28.0 Å². The van der Waals surface area contributed by atoms with Gasteiger partial charge in [-0.25, -0.2) is 0 Å². The molecule has 0 heterocycles. The minimum absolute atomic E-state index is 0.00208. The fourth-order valence-corrected chi connectivity index (χ4v) is 11.2. The van der Waals surface area contributed by atoms with Gasteiger partial charge in [-0.15, -0.1) is 0 Å². The summed E-state index contributed by atoms with van der Waals surface area (Å²) in [7, 11) is 0. The lowest BCUT2D eigenvalue weighted by Crippen LogP contribution is -2.63. The van der Waals surface area contributed by atoms with E-state index in [1.54, 1.807) is 44.2 Å². The van der Waals surface area contributed by atoms with Crippen molar-refractivity contribution in [2.75, 3.05) is 6.54 Å². The minimum Gasteiger partial charge on any atom is -0.480 e. The van der Waals surface area contributed by atoms with Crippen molar-refractivity contribution in [1.82, 2.24) is 5.32 Å². The highest BCUT2D eigenvalue weighted by Crippen LogP contribution is 2.69. The van der Waals surface area contributed by atoms with Gasteiger partial charge in [0.25, 0.3) is 11.8 Å². The number of nitrogens with one attached hydrogen (secondary N) is 1. The Kier molecular flexibility index (Phi) is 13.5. The van der Waals surface area contributed by atoms with Crippen LogP contribution in [-0.2, 0) is 19.2 Å². The summed E-state index contributed by atoms with van der Waals surface area (Å²) in [5.74, 6) is 3.27. The van der Waals surface area contributed by atoms with E-state index in [-0.39, 0.29) is 76.3 Å². The van der Waals surface area contributed by atoms with Gasteiger partial charge in [-0.1, -0.05) is 38.7 Å². The third kappa shape index (κ3) is 9.72. The van der Waals surface area contributed by atoms with Gasteiger partial charge in [0, 0.05) is 23.1 Å². The first-order valence-electron chi connectivity index (χ1n) is 20.5. The van der Waals surface area contributed by atoms with Crippen LogP contribution >= 0.6 is 0 Å². The number of carbonyl (C=O) groups is 4. The predicted octanol–water partition coefficient (Wildman–Crippen LogP) is 2.39. The van der Waals surface area contributed by atoms with Crippen molar-refractivity contribution in [3.8, 4) is 11.8 Å². The van der Waals surface area contributed by atoms with Gasteiger partial charge in [-0.3, -0.25) is 19.2 Å². The molecule has 0 saturated heterocycles. The second-order valence-electron chi connectivity index (χ2n) is 18.0. The largest absolute Gasteiger partial charge is 0.480 e. The van der Waals surface area contributed by atoms with Gasteiger partial charge in [0.1, 0.15) is 12.1 Å². The molecule has 0 spiro atoms.